The van der Waals surface area contributed by atoms with E-state index in [9.17, 15) is 14.0 Å². The second-order valence-corrected chi connectivity index (χ2v) is 4.43. The smallest absolute Gasteiger partial charge is 0.332 e. The molecule has 0 radical (unpaired) electrons. The number of hydrogen-bond acceptors (Lipinski definition) is 4. The van der Waals surface area contributed by atoms with Gasteiger partial charge in [0.2, 0.25) is 0 Å². The topological polar surface area (TPSA) is 78.9 Å². The van der Waals surface area contributed by atoms with Crippen molar-refractivity contribution in [3.63, 3.8) is 0 Å². The molecule has 1 aliphatic rings. The van der Waals surface area contributed by atoms with Gasteiger partial charge in [-0.2, -0.15) is 5.43 Å². The Labute approximate surface area is 120 Å². The zero-order chi connectivity index (χ0) is 15.4. The van der Waals surface area contributed by atoms with Crippen molar-refractivity contribution in [2.75, 3.05) is 5.01 Å². The fraction of sp³-hybridized carbons (Fsp3) is 0.286. The molecular formula is C14H15FN2O4. The van der Waals surface area contributed by atoms with Gasteiger partial charge in [0.25, 0.3) is 5.91 Å². The summed E-state index contributed by atoms with van der Waals surface area (Å²) in [5.74, 6) is -1.84. The SMILES string of the molecule is CC[C@H](O[C@@H]1C=CC(=O)N(c2ccc(F)cc2)N1)C(=O)O. The van der Waals surface area contributed by atoms with E-state index < -0.39 is 24.1 Å². The average molecular weight is 294 g/mol. The van der Waals surface area contributed by atoms with Gasteiger partial charge in [-0.25, -0.2) is 14.2 Å². The molecule has 2 N–H and O–H groups in total. The molecule has 112 valence electrons. The monoisotopic (exact) mass is 294 g/mol. The summed E-state index contributed by atoms with van der Waals surface area (Å²) < 4.78 is 18.3. The molecule has 0 bridgehead atoms. The van der Waals surface area contributed by atoms with Crippen LogP contribution in [-0.2, 0) is 14.3 Å². The third-order valence-corrected chi connectivity index (χ3v) is 2.93. The van der Waals surface area contributed by atoms with E-state index in [1.807, 2.05) is 0 Å². The standard InChI is InChI=1S/C14H15FN2O4/c1-2-11(14(19)20)21-12-7-8-13(18)17(16-12)10-5-3-9(15)4-6-10/h3-8,11-12,16H,2H2,1H3,(H,19,20)/t11-,12+/m0/s1. The molecular weight excluding hydrogens is 279 g/mol. The average Bonchev–Trinajstić information content (AvgIpc) is 2.47. The number of benzene rings is 1. The molecule has 2 atom stereocenters. The highest BCUT2D eigenvalue weighted by molar-refractivity contribution is 6.01. The fourth-order valence-electron chi connectivity index (χ4n) is 1.85. The van der Waals surface area contributed by atoms with Crippen LogP contribution in [0, 0.1) is 5.82 Å². The first kappa shape index (κ1) is 15.1. The Morgan fingerprint density at radius 3 is 2.71 bits per heavy atom. The van der Waals surface area contributed by atoms with Crippen LogP contribution in [0.1, 0.15) is 13.3 Å². The van der Waals surface area contributed by atoms with Crippen LogP contribution in [-0.4, -0.2) is 29.3 Å². The Hall–Kier alpha value is -2.25. The molecule has 0 unspecified atom stereocenters. The van der Waals surface area contributed by atoms with Gasteiger partial charge < -0.3 is 9.84 Å². The van der Waals surface area contributed by atoms with Crippen molar-refractivity contribution in [1.29, 1.82) is 0 Å². The van der Waals surface area contributed by atoms with Crippen molar-refractivity contribution < 1.29 is 23.8 Å². The maximum Gasteiger partial charge on any atom is 0.332 e. The van der Waals surface area contributed by atoms with Crippen molar-refractivity contribution in [3.05, 3.63) is 42.2 Å². The van der Waals surface area contributed by atoms with Crippen LogP contribution in [0.15, 0.2) is 36.4 Å². The molecule has 21 heavy (non-hydrogen) atoms. The summed E-state index contributed by atoms with van der Waals surface area (Å²) in [7, 11) is 0. The number of anilines is 1. The predicted octanol–water partition coefficient (Wildman–Crippen LogP) is 1.44. The summed E-state index contributed by atoms with van der Waals surface area (Å²) in [6, 6.07) is 5.32. The molecule has 0 aliphatic carbocycles. The van der Waals surface area contributed by atoms with Gasteiger partial charge in [-0.15, -0.1) is 0 Å². The summed E-state index contributed by atoms with van der Waals surface area (Å²) in [6.45, 7) is 1.69. The van der Waals surface area contributed by atoms with E-state index in [1.165, 1.54) is 41.4 Å². The van der Waals surface area contributed by atoms with Gasteiger partial charge in [0.1, 0.15) is 12.0 Å². The fourth-order valence-corrected chi connectivity index (χ4v) is 1.85. The second-order valence-electron chi connectivity index (χ2n) is 4.43. The lowest BCUT2D eigenvalue weighted by Crippen LogP contribution is -2.52. The molecule has 0 spiro atoms. The van der Waals surface area contributed by atoms with Gasteiger partial charge in [-0.05, 0) is 36.8 Å². The Kier molecular flexibility index (Phi) is 4.66. The molecule has 0 aromatic heterocycles. The lowest BCUT2D eigenvalue weighted by Gasteiger charge is -2.31. The molecule has 0 saturated carbocycles. The molecule has 0 fully saturated rings. The maximum absolute atomic E-state index is 12.9. The largest absolute Gasteiger partial charge is 0.479 e. The highest BCUT2D eigenvalue weighted by atomic mass is 19.1. The third kappa shape index (κ3) is 3.65. The number of amides is 1. The lowest BCUT2D eigenvalue weighted by molar-refractivity contribution is -0.154. The van der Waals surface area contributed by atoms with Crippen molar-refractivity contribution in [3.8, 4) is 0 Å². The molecule has 1 aromatic rings. The normalized spacial score (nSPS) is 19.6. The zero-order valence-electron chi connectivity index (χ0n) is 11.3. The first-order valence-electron chi connectivity index (χ1n) is 6.43. The number of carboxylic acids is 1. The van der Waals surface area contributed by atoms with E-state index in [1.54, 1.807) is 6.92 Å². The maximum atomic E-state index is 12.9. The van der Waals surface area contributed by atoms with E-state index in [0.29, 0.717) is 12.1 Å². The number of hydrazine groups is 1. The molecule has 2 rings (SSSR count). The first-order chi connectivity index (χ1) is 10.0. The highest BCUT2D eigenvalue weighted by Crippen LogP contribution is 2.17. The minimum absolute atomic E-state index is 0.297. The molecule has 0 saturated heterocycles. The summed E-state index contributed by atoms with van der Waals surface area (Å²) in [4.78, 5) is 22.8. The van der Waals surface area contributed by atoms with Crippen molar-refractivity contribution in [2.45, 2.75) is 25.7 Å². The number of halogens is 1. The number of aliphatic carboxylic acids is 1. The van der Waals surface area contributed by atoms with Gasteiger partial charge in [0.05, 0.1) is 5.69 Å². The molecule has 1 heterocycles. The summed E-state index contributed by atoms with van der Waals surface area (Å²) in [5, 5.41) is 10.1. The van der Waals surface area contributed by atoms with Crippen molar-refractivity contribution in [1.82, 2.24) is 5.43 Å². The van der Waals surface area contributed by atoms with Crippen molar-refractivity contribution in [2.24, 2.45) is 0 Å². The van der Waals surface area contributed by atoms with Crippen LogP contribution in [0.3, 0.4) is 0 Å². The molecule has 6 nitrogen and oxygen atoms in total. The van der Waals surface area contributed by atoms with Crippen LogP contribution < -0.4 is 10.4 Å². The molecule has 1 amide bonds. The van der Waals surface area contributed by atoms with Gasteiger partial charge in [-0.3, -0.25) is 4.79 Å². The summed E-state index contributed by atoms with van der Waals surface area (Å²) in [5.41, 5.74) is 3.18. The number of carbonyl (C=O) groups excluding carboxylic acids is 1. The summed E-state index contributed by atoms with van der Waals surface area (Å²) >= 11 is 0. The van der Waals surface area contributed by atoms with Crippen LogP contribution in [0.4, 0.5) is 10.1 Å². The first-order valence-corrected chi connectivity index (χ1v) is 6.43. The molecule has 1 aliphatic heterocycles. The van der Waals surface area contributed by atoms with Crippen LogP contribution in [0.5, 0.6) is 0 Å². The Morgan fingerprint density at radius 1 is 1.48 bits per heavy atom. The number of carbonyl (C=O) groups is 2. The van der Waals surface area contributed by atoms with Gasteiger partial charge in [0.15, 0.2) is 6.10 Å². The van der Waals surface area contributed by atoms with Crippen molar-refractivity contribution >= 4 is 17.6 Å². The summed E-state index contributed by atoms with van der Waals surface area (Å²) in [6.07, 6.45) is 1.28. The lowest BCUT2D eigenvalue weighted by atomic mass is 10.2. The highest BCUT2D eigenvalue weighted by Gasteiger charge is 2.26. The number of nitrogens with one attached hydrogen (secondary N) is 1. The van der Waals surface area contributed by atoms with Crippen LogP contribution in [0.25, 0.3) is 0 Å². The van der Waals surface area contributed by atoms with Gasteiger partial charge in [0, 0.05) is 6.08 Å². The third-order valence-electron chi connectivity index (χ3n) is 2.93. The number of hydrogen-bond donors (Lipinski definition) is 2. The van der Waals surface area contributed by atoms with E-state index >= 15 is 0 Å². The minimum Gasteiger partial charge on any atom is -0.479 e. The van der Waals surface area contributed by atoms with E-state index in [4.69, 9.17) is 9.84 Å². The van der Waals surface area contributed by atoms with E-state index in [-0.39, 0.29) is 5.91 Å². The van der Waals surface area contributed by atoms with E-state index in [0.717, 1.165) is 0 Å². The van der Waals surface area contributed by atoms with E-state index in [2.05, 4.69) is 5.43 Å². The Bertz CT molecular complexity index is 559. The quantitative estimate of drug-likeness (QED) is 0.859. The number of rotatable bonds is 5. The van der Waals surface area contributed by atoms with Gasteiger partial charge in [-0.1, -0.05) is 6.92 Å². The minimum atomic E-state index is -1.07. The molecule has 7 heteroatoms. The Morgan fingerprint density at radius 2 is 2.14 bits per heavy atom. The molecule has 1 aromatic carbocycles. The number of ether oxygens (including phenoxy) is 1. The predicted molar refractivity (Wildman–Crippen MR) is 72.7 cm³/mol. The Balaban J connectivity index is 2.11. The number of carboxylic acid groups (broad SMARTS) is 1. The zero-order valence-corrected chi connectivity index (χ0v) is 11.3. The van der Waals surface area contributed by atoms with Crippen LogP contribution in [0.2, 0.25) is 0 Å². The second kappa shape index (κ2) is 6.47. The van der Waals surface area contributed by atoms with Gasteiger partial charge >= 0.3 is 5.97 Å². The van der Waals surface area contributed by atoms with Crippen LogP contribution >= 0.6 is 0 Å². The number of nitrogens with zero attached hydrogens (tertiary/aromatic N) is 1.